The van der Waals surface area contributed by atoms with Crippen LogP contribution in [-0.2, 0) is 0 Å². The number of hydrogen-bond donors (Lipinski definition) is 1. The van der Waals surface area contributed by atoms with Gasteiger partial charge in [-0.2, -0.15) is 0 Å². The minimum atomic E-state index is 0.424. The maximum Gasteiger partial charge on any atom is 0.119 e. The van der Waals surface area contributed by atoms with E-state index < -0.39 is 0 Å². The molecular formula is C16H26N2O. The van der Waals surface area contributed by atoms with Crippen molar-refractivity contribution in [1.82, 2.24) is 4.90 Å². The molecule has 106 valence electrons. The van der Waals surface area contributed by atoms with E-state index in [1.165, 1.54) is 24.8 Å². The molecule has 1 aliphatic heterocycles. The van der Waals surface area contributed by atoms with E-state index in [0.29, 0.717) is 18.6 Å². The third-order valence-corrected chi connectivity index (χ3v) is 4.07. The van der Waals surface area contributed by atoms with Crippen molar-refractivity contribution in [1.29, 1.82) is 0 Å². The number of nitrogens with zero attached hydrogens (tertiary/aromatic N) is 1. The first kappa shape index (κ1) is 14.4. The van der Waals surface area contributed by atoms with E-state index in [4.69, 9.17) is 10.5 Å². The predicted molar refractivity (Wildman–Crippen MR) is 79.4 cm³/mol. The zero-order valence-electron chi connectivity index (χ0n) is 12.1. The summed E-state index contributed by atoms with van der Waals surface area (Å²) in [5, 5.41) is 0. The first-order valence-corrected chi connectivity index (χ1v) is 7.39. The van der Waals surface area contributed by atoms with Crippen molar-refractivity contribution in [2.75, 3.05) is 26.7 Å². The van der Waals surface area contributed by atoms with Gasteiger partial charge in [0.2, 0.25) is 0 Å². The topological polar surface area (TPSA) is 38.5 Å². The molecule has 0 saturated carbocycles. The molecule has 1 aromatic carbocycles. The van der Waals surface area contributed by atoms with Crippen molar-refractivity contribution in [2.24, 2.45) is 11.7 Å². The van der Waals surface area contributed by atoms with Gasteiger partial charge in [0.05, 0.1) is 6.61 Å². The first-order valence-electron chi connectivity index (χ1n) is 7.39. The molecule has 0 aliphatic carbocycles. The lowest BCUT2D eigenvalue weighted by Crippen LogP contribution is -2.32. The summed E-state index contributed by atoms with van der Waals surface area (Å²) in [4.78, 5) is 2.45. The molecule has 0 aromatic heterocycles. The van der Waals surface area contributed by atoms with Crippen molar-refractivity contribution in [3.8, 4) is 5.75 Å². The number of rotatable bonds is 4. The summed E-state index contributed by atoms with van der Waals surface area (Å²) in [6, 6.07) is 8.93. The zero-order valence-corrected chi connectivity index (χ0v) is 12.1. The summed E-state index contributed by atoms with van der Waals surface area (Å²) in [7, 11) is 2.21. The highest BCUT2D eigenvalue weighted by Gasteiger charge is 2.28. The fraction of sp³-hybridized carbons (Fsp3) is 0.625. The molecule has 2 atom stereocenters. The summed E-state index contributed by atoms with van der Waals surface area (Å²) in [6.45, 7) is 4.64. The van der Waals surface area contributed by atoms with E-state index in [0.717, 1.165) is 18.8 Å². The van der Waals surface area contributed by atoms with Gasteiger partial charge in [0.1, 0.15) is 5.75 Å². The Morgan fingerprint density at radius 1 is 1.37 bits per heavy atom. The Kier molecular flexibility index (Phi) is 5.23. The maximum absolute atomic E-state index is 6.00. The van der Waals surface area contributed by atoms with Crippen LogP contribution in [0.25, 0.3) is 0 Å². The largest absolute Gasteiger partial charge is 0.494 e. The molecule has 1 fully saturated rings. The number of likely N-dealkylation sites (tertiary alicyclic amines) is 1. The number of ether oxygens (including phenoxy) is 1. The molecule has 2 N–H and O–H groups in total. The molecule has 0 radical (unpaired) electrons. The average molecular weight is 262 g/mol. The summed E-state index contributed by atoms with van der Waals surface area (Å²) >= 11 is 0. The van der Waals surface area contributed by atoms with Gasteiger partial charge < -0.3 is 10.5 Å². The molecule has 3 heteroatoms. The second kappa shape index (κ2) is 6.92. The highest BCUT2D eigenvalue weighted by molar-refractivity contribution is 5.31. The van der Waals surface area contributed by atoms with Crippen molar-refractivity contribution in [3.05, 3.63) is 29.8 Å². The Bertz CT molecular complexity index is 394. The van der Waals surface area contributed by atoms with E-state index in [2.05, 4.69) is 30.1 Å². The second-order valence-electron chi connectivity index (χ2n) is 5.42. The molecule has 1 saturated heterocycles. The predicted octanol–water partition coefficient (Wildman–Crippen LogP) is 2.82. The second-order valence-corrected chi connectivity index (χ2v) is 5.42. The molecule has 0 amide bonds. The maximum atomic E-state index is 6.00. The van der Waals surface area contributed by atoms with Crippen LogP contribution in [0, 0.1) is 5.92 Å². The smallest absolute Gasteiger partial charge is 0.119 e. The number of benzene rings is 1. The van der Waals surface area contributed by atoms with Gasteiger partial charge in [0, 0.05) is 6.04 Å². The van der Waals surface area contributed by atoms with Crippen LogP contribution >= 0.6 is 0 Å². The highest BCUT2D eigenvalue weighted by atomic mass is 16.5. The lowest BCUT2D eigenvalue weighted by atomic mass is 9.89. The Labute approximate surface area is 116 Å². The average Bonchev–Trinajstić information content (AvgIpc) is 2.61. The van der Waals surface area contributed by atoms with E-state index in [1.807, 2.05) is 13.0 Å². The standard InChI is InChI=1S/C16H26N2O/c1-3-19-15-9-6-8-13(11-15)16-14(12-17)7-4-5-10-18(16)2/h6,8-9,11,14,16H,3-5,7,10,12,17H2,1-2H3. The van der Waals surface area contributed by atoms with Crippen LogP contribution in [0.4, 0.5) is 0 Å². The molecule has 3 nitrogen and oxygen atoms in total. The molecule has 1 aromatic rings. The van der Waals surface area contributed by atoms with Crippen LogP contribution in [0.3, 0.4) is 0 Å². The van der Waals surface area contributed by atoms with E-state index >= 15 is 0 Å². The van der Waals surface area contributed by atoms with E-state index in [-0.39, 0.29) is 0 Å². The minimum absolute atomic E-state index is 0.424. The van der Waals surface area contributed by atoms with E-state index in [9.17, 15) is 0 Å². The summed E-state index contributed by atoms with van der Waals surface area (Å²) in [6.07, 6.45) is 3.78. The molecule has 1 heterocycles. The van der Waals surface area contributed by atoms with Gasteiger partial charge in [-0.25, -0.2) is 0 Å². The Morgan fingerprint density at radius 3 is 2.95 bits per heavy atom. The van der Waals surface area contributed by atoms with Gasteiger partial charge in [-0.3, -0.25) is 4.90 Å². The molecule has 2 unspecified atom stereocenters. The summed E-state index contributed by atoms with van der Waals surface area (Å²) in [5.74, 6) is 1.51. The van der Waals surface area contributed by atoms with Crippen LogP contribution in [0.2, 0.25) is 0 Å². The molecule has 0 spiro atoms. The van der Waals surface area contributed by atoms with Crippen LogP contribution in [0.15, 0.2) is 24.3 Å². The van der Waals surface area contributed by atoms with Crippen molar-refractivity contribution in [2.45, 2.75) is 32.2 Å². The minimum Gasteiger partial charge on any atom is -0.494 e. The Morgan fingerprint density at radius 2 is 2.21 bits per heavy atom. The Hall–Kier alpha value is -1.06. The van der Waals surface area contributed by atoms with Gasteiger partial charge in [-0.15, -0.1) is 0 Å². The van der Waals surface area contributed by atoms with Crippen molar-refractivity contribution >= 4 is 0 Å². The Balaban J connectivity index is 2.26. The monoisotopic (exact) mass is 262 g/mol. The van der Waals surface area contributed by atoms with Gasteiger partial charge in [-0.05, 0) is 63.5 Å². The summed E-state index contributed by atoms with van der Waals surface area (Å²) < 4.78 is 5.62. The highest BCUT2D eigenvalue weighted by Crippen LogP contribution is 2.34. The van der Waals surface area contributed by atoms with Crippen LogP contribution in [0.1, 0.15) is 37.8 Å². The van der Waals surface area contributed by atoms with Gasteiger partial charge in [0.15, 0.2) is 0 Å². The number of nitrogens with two attached hydrogens (primary N) is 1. The first-order chi connectivity index (χ1) is 9.26. The van der Waals surface area contributed by atoms with Crippen LogP contribution in [-0.4, -0.2) is 31.6 Å². The fourth-order valence-electron chi connectivity index (χ4n) is 3.15. The van der Waals surface area contributed by atoms with Gasteiger partial charge in [-0.1, -0.05) is 18.6 Å². The lowest BCUT2D eigenvalue weighted by Gasteiger charge is -2.32. The molecular weight excluding hydrogens is 236 g/mol. The summed E-state index contributed by atoms with van der Waals surface area (Å²) in [5.41, 5.74) is 7.34. The quantitative estimate of drug-likeness (QED) is 0.907. The molecule has 19 heavy (non-hydrogen) atoms. The SMILES string of the molecule is CCOc1cccc(C2C(CN)CCCCN2C)c1. The van der Waals surface area contributed by atoms with Gasteiger partial charge >= 0.3 is 0 Å². The fourth-order valence-corrected chi connectivity index (χ4v) is 3.15. The third kappa shape index (κ3) is 3.48. The normalized spacial score (nSPS) is 25.0. The van der Waals surface area contributed by atoms with E-state index in [1.54, 1.807) is 0 Å². The number of hydrogen-bond acceptors (Lipinski definition) is 3. The van der Waals surface area contributed by atoms with Crippen molar-refractivity contribution < 1.29 is 4.74 Å². The van der Waals surface area contributed by atoms with Crippen LogP contribution < -0.4 is 10.5 Å². The molecule has 1 aliphatic rings. The lowest BCUT2D eigenvalue weighted by molar-refractivity contribution is 0.195. The molecule has 0 bridgehead atoms. The molecule has 2 rings (SSSR count). The van der Waals surface area contributed by atoms with Gasteiger partial charge in [0.25, 0.3) is 0 Å². The van der Waals surface area contributed by atoms with Crippen molar-refractivity contribution in [3.63, 3.8) is 0 Å². The van der Waals surface area contributed by atoms with Crippen LogP contribution in [0.5, 0.6) is 5.75 Å². The zero-order chi connectivity index (χ0) is 13.7. The third-order valence-electron chi connectivity index (χ3n) is 4.07.